The Balaban J connectivity index is 1.25. The Morgan fingerprint density at radius 3 is 2.51 bits per heavy atom. The highest BCUT2D eigenvalue weighted by molar-refractivity contribution is 5.89. The van der Waals surface area contributed by atoms with Gasteiger partial charge in [0.15, 0.2) is 11.5 Å². The first-order valence-corrected chi connectivity index (χ1v) is 12.4. The molecule has 7 nitrogen and oxygen atoms in total. The molecule has 2 aliphatic rings. The molecular weight excluding hydrogens is 442 g/mol. The van der Waals surface area contributed by atoms with Crippen LogP contribution in [0.5, 0.6) is 17.2 Å². The van der Waals surface area contributed by atoms with Gasteiger partial charge in [0, 0.05) is 48.7 Å². The molecule has 1 aromatic heterocycles. The molecule has 186 valence electrons. The summed E-state index contributed by atoms with van der Waals surface area (Å²) in [5, 5.41) is 1.14. The lowest BCUT2D eigenvalue weighted by molar-refractivity contribution is -0.130. The molecule has 2 saturated heterocycles. The summed E-state index contributed by atoms with van der Waals surface area (Å²) in [6.45, 7) is 4.57. The third kappa shape index (κ3) is 4.69. The molecule has 0 bridgehead atoms. The molecule has 3 aromatic rings. The number of likely N-dealkylation sites (tertiary alicyclic amines) is 2. The van der Waals surface area contributed by atoms with Crippen molar-refractivity contribution < 1.29 is 19.0 Å². The summed E-state index contributed by atoms with van der Waals surface area (Å²) in [6, 6.07) is 12.3. The Labute approximate surface area is 206 Å². The number of carbonyl (C=O) groups is 1. The van der Waals surface area contributed by atoms with E-state index in [1.807, 2.05) is 30.5 Å². The molecular formula is C28H35N3O4. The normalized spacial score (nSPS) is 20.5. The van der Waals surface area contributed by atoms with Gasteiger partial charge in [0.05, 0.1) is 27.8 Å². The molecule has 1 unspecified atom stereocenters. The maximum absolute atomic E-state index is 13.2. The van der Waals surface area contributed by atoms with Crippen molar-refractivity contribution >= 4 is 16.8 Å². The predicted molar refractivity (Wildman–Crippen MR) is 136 cm³/mol. The fourth-order valence-corrected chi connectivity index (χ4v) is 5.96. The topological polar surface area (TPSA) is 67.0 Å². The van der Waals surface area contributed by atoms with Crippen LogP contribution in [0.15, 0.2) is 42.6 Å². The number of rotatable bonds is 7. The lowest BCUT2D eigenvalue weighted by atomic mass is 9.79. The molecule has 3 heterocycles. The van der Waals surface area contributed by atoms with Crippen molar-refractivity contribution in [2.45, 2.75) is 32.2 Å². The Bertz CT molecular complexity index is 1180. The number of aromatic nitrogens is 1. The maximum atomic E-state index is 13.2. The van der Waals surface area contributed by atoms with Gasteiger partial charge in [-0.1, -0.05) is 18.2 Å². The molecule has 1 spiro atoms. The fraction of sp³-hybridized carbons (Fsp3) is 0.464. The van der Waals surface area contributed by atoms with Crippen LogP contribution < -0.4 is 14.2 Å². The van der Waals surface area contributed by atoms with Gasteiger partial charge in [-0.25, -0.2) is 0 Å². The van der Waals surface area contributed by atoms with Crippen LogP contribution in [0.25, 0.3) is 10.9 Å². The quantitative estimate of drug-likeness (QED) is 0.551. The number of nitrogens with one attached hydrogen (secondary N) is 1. The number of carbonyl (C=O) groups excluding carboxylic acids is 1. The third-order valence-corrected chi connectivity index (χ3v) is 7.68. The van der Waals surface area contributed by atoms with Crippen molar-refractivity contribution in [3.05, 3.63) is 53.7 Å². The summed E-state index contributed by atoms with van der Waals surface area (Å²) < 4.78 is 16.6. The van der Waals surface area contributed by atoms with Crippen molar-refractivity contribution in [3.8, 4) is 17.2 Å². The zero-order chi connectivity index (χ0) is 24.4. The number of benzene rings is 2. The molecule has 5 rings (SSSR count). The van der Waals surface area contributed by atoms with Gasteiger partial charge in [-0.3, -0.25) is 9.69 Å². The first kappa shape index (κ1) is 23.5. The number of amides is 1. The van der Waals surface area contributed by atoms with Gasteiger partial charge in [-0.2, -0.15) is 0 Å². The van der Waals surface area contributed by atoms with E-state index in [2.05, 4.69) is 26.9 Å². The van der Waals surface area contributed by atoms with E-state index < -0.39 is 0 Å². The number of ether oxygens (including phenoxy) is 3. The summed E-state index contributed by atoms with van der Waals surface area (Å²) in [4.78, 5) is 21.1. The van der Waals surface area contributed by atoms with E-state index in [1.165, 1.54) is 6.42 Å². The fourth-order valence-electron chi connectivity index (χ4n) is 5.96. The highest BCUT2D eigenvalue weighted by atomic mass is 16.5. The van der Waals surface area contributed by atoms with Crippen molar-refractivity contribution in [2.75, 3.05) is 47.5 Å². The van der Waals surface area contributed by atoms with Gasteiger partial charge in [0.2, 0.25) is 11.7 Å². The molecule has 1 amide bonds. The number of fused-ring (bicyclic) bond motifs is 1. The SMILES string of the molecule is COc1cc(CN2CCCC3(CCN(C(=O)Cc4c[nH]c5ccccc45)C3)C2)cc(OC)c1OC. The van der Waals surface area contributed by atoms with Gasteiger partial charge in [0.1, 0.15) is 0 Å². The van der Waals surface area contributed by atoms with Gasteiger partial charge < -0.3 is 24.1 Å². The molecule has 0 radical (unpaired) electrons. The van der Waals surface area contributed by atoms with E-state index in [4.69, 9.17) is 14.2 Å². The Morgan fingerprint density at radius 1 is 1.00 bits per heavy atom. The van der Waals surface area contributed by atoms with Crippen LogP contribution in [0.1, 0.15) is 30.4 Å². The minimum Gasteiger partial charge on any atom is -0.493 e. The number of aromatic amines is 1. The molecule has 0 saturated carbocycles. The van der Waals surface area contributed by atoms with Crippen molar-refractivity contribution in [2.24, 2.45) is 5.41 Å². The number of piperidine rings is 1. The van der Waals surface area contributed by atoms with Crippen molar-refractivity contribution in [3.63, 3.8) is 0 Å². The number of nitrogens with zero attached hydrogens (tertiary/aromatic N) is 2. The molecule has 2 fully saturated rings. The largest absolute Gasteiger partial charge is 0.493 e. The minimum atomic E-state index is 0.175. The number of H-pyrrole nitrogens is 1. The Kier molecular flexibility index (Phi) is 6.60. The van der Waals surface area contributed by atoms with Crippen LogP contribution in [0, 0.1) is 5.41 Å². The van der Waals surface area contributed by atoms with Gasteiger partial charge in [-0.15, -0.1) is 0 Å². The van der Waals surface area contributed by atoms with Crippen molar-refractivity contribution in [1.29, 1.82) is 0 Å². The standard InChI is InChI=1S/C28H35N3O4/c1-33-24-13-20(14-25(34-2)27(24)35-3)17-30-11-6-9-28(18-30)10-12-31(19-28)26(32)15-21-16-29-23-8-5-4-7-22(21)23/h4-5,7-8,13-14,16,29H,6,9-12,15,17-19H2,1-3H3. The highest BCUT2D eigenvalue weighted by Gasteiger charge is 2.42. The molecule has 0 aliphatic carbocycles. The first-order chi connectivity index (χ1) is 17.0. The van der Waals surface area contributed by atoms with Gasteiger partial charge in [-0.05, 0) is 55.1 Å². The summed E-state index contributed by atoms with van der Waals surface area (Å²) in [7, 11) is 4.93. The third-order valence-electron chi connectivity index (χ3n) is 7.68. The molecule has 1 N–H and O–H groups in total. The van der Waals surface area contributed by atoms with Gasteiger partial charge >= 0.3 is 0 Å². The van der Waals surface area contributed by atoms with Crippen LogP contribution in [0.2, 0.25) is 0 Å². The smallest absolute Gasteiger partial charge is 0.227 e. The Hall–Kier alpha value is -3.19. The first-order valence-electron chi connectivity index (χ1n) is 12.4. The van der Waals surface area contributed by atoms with Crippen LogP contribution >= 0.6 is 0 Å². The molecule has 1 atom stereocenters. The highest BCUT2D eigenvalue weighted by Crippen LogP contribution is 2.41. The minimum absolute atomic E-state index is 0.175. The average molecular weight is 478 g/mol. The zero-order valence-electron chi connectivity index (χ0n) is 20.9. The summed E-state index contributed by atoms with van der Waals surface area (Å²) in [6.07, 6.45) is 5.83. The lowest BCUT2D eigenvalue weighted by Gasteiger charge is -2.40. The van der Waals surface area contributed by atoms with E-state index >= 15 is 0 Å². The lowest BCUT2D eigenvalue weighted by Crippen LogP contribution is -2.45. The average Bonchev–Trinajstić information content (AvgIpc) is 3.48. The van der Waals surface area contributed by atoms with E-state index in [0.29, 0.717) is 23.7 Å². The van der Waals surface area contributed by atoms with Gasteiger partial charge in [0.25, 0.3) is 0 Å². The summed E-state index contributed by atoms with van der Waals surface area (Å²) in [5.41, 5.74) is 3.48. The second-order valence-corrected chi connectivity index (χ2v) is 9.95. The van der Waals surface area contributed by atoms with Crippen LogP contribution in [0.4, 0.5) is 0 Å². The van der Waals surface area contributed by atoms with E-state index in [-0.39, 0.29) is 11.3 Å². The van der Waals surface area contributed by atoms with Crippen LogP contribution in [-0.2, 0) is 17.8 Å². The van der Waals surface area contributed by atoms with E-state index in [1.54, 1.807) is 21.3 Å². The molecule has 2 aromatic carbocycles. The summed E-state index contributed by atoms with van der Waals surface area (Å²) in [5.74, 6) is 2.22. The van der Waals surface area contributed by atoms with E-state index in [9.17, 15) is 4.79 Å². The number of hydrogen-bond acceptors (Lipinski definition) is 5. The molecule has 35 heavy (non-hydrogen) atoms. The predicted octanol–water partition coefficient (Wildman–Crippen LogP) is 4.25. The van der Waals surface area contributed by atoms with Crippen molar-refractivity contribution in [1.82, 2.24) is 14.8 Å². The monoisotopic (exact) mass is 477 g/mol. The zero-order valence-corrected chi connectivity index (χ0v) is 20.9. The Morgan fingerprint density at radius 2 is 1.77 bits per heavy atom. The molecule has 7 heteroatoms. The van der Waals surface area contributed by atoms with E-state index in [0.717, 1.165) is 67.6 Å². The second-order valence-electron chi connectivity index (χ2n) is 9.95. The molecule has 2 aliphatic heterocycles. The second kappa shape index (κ2) is 9.82. The number of para-hydroxylation sites is 1. The van der Waals surface area contributed by atoms with Crippen LogP contribution in [-0.4, -0.2) is 68.2 Å². The summed E-state index contributed by atoms with van der Waals surface area (Å²) >= 11 is 0. The maximum Gasteiger partial charge on any atom is 0.227 e. The number of methoxy groups -OCH3 is 3. The number of hydrogen-bond donors (Lipinski definition) is 1. The van der Waals surface area contributed by atoms with Crippen LogP contribution in [0.3, 0.4) is 0 Å².